The average Bonchev–Trinajstić information content (AvgIpc) is 3.33. The van der Waals surface area contributed by atoms with E-state index in [0.717, 1.165) is 27.9 Å². The first-order valence-corrected chi connectivity index (χ1v) is 8.81. The van der Waals surface area contributed by atoms with Crippen LogP contribution < -0.4 is 9.47 Å². The maximum atomic E-state index is 8.96. The van der Waals surface area contributed by atoms with Crippen molar-refractivity contribution >= 4 is 11.2 Å². The number of hydrogen-bond donors (Lipinski definition) is 0. The first kappa shape index (κ1) is 16.3. The van der Waals surface area contributed by atoms with Crippen LogP contribution in [-0.4, -0.2) is 37.0 Å². The molecule has 4 heterocycles. The fourth-order valence-corrected chi connectivity index (χ4v) is 3.27. The van der Waals surface area contributed by atoms with Crippen molar-refractivity contribution in [3.05, 3.63) is 54.7 Å². The Balaban J connectivity index is 1.42. The van der Waals surface area contributed by atoms with Crippen molar-refractivity contribution in [2.45, 2.75) is 12.6 Å². The Morgan fingerprint density at radius 3 is 2.93 bits per heavy atom. The van der Waals surface area contributed by atoms with Crippen molar-refractivity contribution in [1.29, 1.82) is 5.26 Å². The standard InChI is InChI=1S/C20H16N6O2/c1-25-10-15(8-24-25)14-5-17-20(22-7-14)26(12-23-17)9-13-2-3-18-19(4-13)27-11-16(6-21)28-18/h2-5,7-8,10,12,16H,9,11H2,1H3. The highest BCUT2D eigenvalue weighted by Crippen LogP contribution is 2.33. The molecule has 0 bridgehead atoms. The number of imidazole rings is 1. The second kappa shape index (κ2) is 6.39. The van der Waals surface area contributed by atoms with E-state index in [0.29, 0.717) is 18.0 Å². The number of nitrogens with zero attached hydrogens (tertiary/aromatic N) is 6. The summed E-state index contributed by atoms with van der Waals surface area (Å²) in [5.41, 5.74) is 4.67. The summed E-state index contributed by atoms with van der Waals surface area (Å²) in [6.07, 6.45) is 6.82. The molecule has 8 heteroatoms. The molecule has 0 fully saturated rings. The van der Waals surface area contributed by atoms with E-state index in [1.54, 1.807) is 11.0 Å². The van der Waals surface area contributed by atoms with E-state index in [1.165, 1.54) is 0 Å². The van der Waals surface area contributed by atoms with Crippen molar-refractivity contribution in [2.75, 3.05) is 6.61 Å². The van der Waals surface area contributed by atoms with Crippen LogP contribution in [0.2, 0.25) is 0 Å². The molecular formula is C20H16N6O2. The lowest BCUT2D eigenvalue weighted by Crippen LogP contribution is -2.27. The smallest absolute Gasteiger partial charge is 0.218 e. The number of hydrogen-bond acceptors (Lipinski definition) is 6. The molecule has 1 unspecified atom stereocenters. The minimum absolute atomic E-state index is 0.236. The van der Waals surface area contributed by atoms with Crippen LogP contribution in [-0.2, 0) is 13.6 Å². The molecule has 5 rings (SSSR count). The van der Waals surface area contributed by atoms with Gasteiger partial charge in [-0.25, -0.2) is 9.97 Å². The van der Waals surface area contributed by atoms with E-state index < -0.39 is 6.10 Å². The third kappa shape index (κ3) is 2.83. The molecule has 0 aliphatic carbocycles. The Bertz CT molecular complexity index is 1220. The summed E-state index contributed by atoms with van der Waals surface area (Å²) in [6.45, 7) is 0.841. The maximum absolute atomic E-state index is 8.96. The molecule has 28 heavy (non-hydrogen) atoms. The van der Waals surface area contributed by atoms with E-state index in [1.807, 2.05) is 54.5 Å². The Kier molecular flexibility index (Phi) is 3.72. The molecule has 1 aliphatic rings. The van der Waals surface area contributed by atoms with Gasteiger partial charge in [0, 0.05) is 30.6 Å². The number of aromatic nitrogens is 5. The number of benzene rings is 1. The molecule has 1 atom stereocenters. The van der Waals surface area contributed by atoms with Gasteiger partial charge in [0.2, 0.25) is 6.10 Å². The van der Waals surface area contributed by atoms with Gasteiger partial charge in [0.25, 0.3) is 0 Å². The van der Waals surface area contributed by atoms with Crippen LogP contribution in [0.15, 0.2) is 49.2 Å². The second-order valence-electron chi connectivity index (χ2n) is 6.67. The van der Waals surface area contributed by atoms with Crippen LogP contribution in [0.4, 0.5) is 0 Å². The van der Waals surface area contributed by atoms with Gasteiger partial charge in [0.05, 0.1) is 19.1 Å². The molecule has 3 aromatic heterocycles. The summed E-state index contributed by atoms with van der Waals surface area (Å²) >= 11 is 0. The number of ether oxygens (including phenoxy) is 2. The zero-order valence-electron chi connectivity index (χ0n) is 15.1. The summed E-state index contributed by atoms with van der Waals surface area (Å²) in [5.74, 6) is 1.25. The predicted octanol–water partition coefficient (Wildman–Crippen LogP) is 2.54. The number of pyridine rings is 1. The van der Waals surface area contributed by atoms with Crippen LogP contribution in [0.1, 0.15) is 5.56 Å². The highest BCUT2D eigenvalue weighted by atomic mass is 16.6. The van der Waals surface area contributed by atoms with Crippen molar-refractivity contribution < 1.29 is 9.47 Å². The molecule has 0 spiro atoms. The van der Waals surface area contributed by atoms with Gasteiger partial charge < -0.3 is 14.0 Å². The van der Waals surface area contributed by atoms with Crippen LogP contribution >= 0.6 is 0 Å². The molecule has 0 N–H and O–H groups in total. The molecular weight excluding hydrogens is 356 g/mol. The van der Waals surface area contributed by atoms with Crippen LogP contribution in [0.5, 0.6) is 11.5 Å². The van der Waals surface area contributed by atoms with Gasteiger partial charge >= 0.3 is 0 Å². The highest BCUT2D eigenvalue weighted by Gasteiger charge is 2.20. The second-order valence-corrected chi connectivity index (χ2v) is 6.67. The number of fused-ring (bicyclic) bond motifs is 2. The zero-order valence-corrected chi connectivity index (χ0v) is 15.1. The van der Waals surface area contributed by atoms with Gasteiger partial charge in [-0.15, -0.1) is 0 Å². The largest absolute Gasteiger partial charge is 0.485 e. The molecule has 0 radical (unpaired) electrons. The van der Waals surface area contributed by atoms with Gasteiger partial charge in [0.1, 0.15) is 18.2 Å². The van der Waals surface area contributed by atoms with E-state index in [4.69, 9.17) is 14.7 Å². The quantitative estimate of drug-likeness (QED) is 0.549. The first-order valence-electron chi connectivity index (χ1n) is 8.81. The number of rotatable bonds is 3. The van der Waals surface area contributed by atoms with Gasteiger partial charge in [-0.1, -0.05) is 6.07 Å². The maximum Gasteiger partial charge on any atom is 0.218 e. The summed E-state index contributed by atoms with van der Waals surface area (Å²) in [5, 5.41) is 13.2. The summed E-state index contributed by atoms with van der Waals surface area (Å²) in [6, 6.07) is 9.80. The highest BCUT2D eigenvalue weighted by molar-refractivity contribution is 5.77. The molecule has 1 aromatic carbocycles. The zero-order chi connectivity index (χ0) is 19.1. The van der Waals surface area contributed by atoms with E-state index >= 15 is 0 Å². The predicted molar refractivity (Wildman–Crippen MR) is 101 cm³/mol. The summed E-state index contributed by atoms with van der Waals surface area (Å²) in [4.78, 5) is 9.10. The number of nitriles is 1. The monoisotopic (exact) mass is 372 g/mol. The third-order valence-corrected chi connectivity index (χ3v) is 4.66. The average molecular weight is 372 g/mol. The fraction of sp³-hybridized carbons (Fsp3) is 0.200. The molecule has 0 amide bonds. The molecule has 8 nitrogen and oxygen atoms in total. The lowest BCUT2D eigenvalue weighted by atomic mass is 10.1. The molecule has 1 aliphatic heterocycles. The van der Waals surface area contributed by atoms with E-state index in [2.05, 4.69) is 21.1 Å². The van der Waals surface area contributed by atoms with Gasteiger partial charge in [0.15, 0.2) is 17.1 Å². The first-order chi connectivity index (χ1) is 13.7. The van der Waals surface area contributed by atoms with Crippen molar-refractivity contribution in [3.63, 3.8) is 0 Å². The van der Waals surface area contributed by atoms with Crippen LogP contribution in [0.25, 0.3) is 22.3 Å². The van der Waals surface area contributed by atoms with Gasteiger partial charge in [-0.2, -0.15) is 10.4 Å². The fourth-order valence-electron chi connectivity index (χ4n) is 3.27. The molecule has 4 aromatic rings. The minimum atomic E-state index is -0.561. The Labute approximate surface area is 160 Å². The molecule has 0 saturated heterocycles. The molecule has 0 saturated carbocycles. The minimum Gasteiger partial charge on any atom is -0.485 e. The summed E-state index contributed by atoms with van der Waals surface area (Å²) in [7, 11) is 1.89. The van der Waals surface area contributed by atoms with Crippen molar-refractivity contribution in [3.8, 4) is 28.7 Å². The Morgan fingerprint density at radius 1 is 1.18 bits per heavy atom. The topological polar surface area (TPSA) is 90.8 Å². The SMILES string of the molecule is Cn1cc(-c2cnc3c(c2)ncn3Cc2ccc3c(c2)OCC(C#N)O3)cn1. The molecule has 138 valence electrons. The van der Waals surface area contributed by atoms with E-state index in [9.17, 15) is 0 Å². The lowest BCUT2D eigenvalue weighted by molar-refractivity contribution is 0.127. The van der Waals surface area contributed by atoms with Crippen LogP contribution in [0, 0.1) is 11.3 Å². The Hall–Kier alpha value is -3.86. The van der Waals surface area contributed by atoms with Crippen molar-refractivity contribution in [1.82, 2.24) is 24.3 Å². The van der Waals surface area contributed by atoms with Crippen molar-refractivity contribution in [2.24, 2.45) is 7.05 Å². The normalized spacial score (nSPS) is 15.5. The van der Waals surface area contributed by atoms with E-state index in [-0.39, 0.29) is 6.61 Å². The lowest BCUT2D eigenvalue weighted by Gasteiger charge is -2.22. The Morgan fingerprint density at radius 2 is 2.11 bits per heavy atom. The summed E-state index contributed by atoms with van der Waals surface area (Å²) < 4.78 is 15.0. The third-order valence-electron chi connectivity index (χ3n) is 4.66. The van der Waals surface area contributed by atoms with Crippen LogP contribution in [0.3, 0.4) is 0 Å². The van der Waals surface area contributed by atoms with Gasteiger partial charge in [-0.05, 0) is 23.8 Å². The van der Waals surface area contributed by atoms with Gasteiger partial charge in [-0.3, -0.25) is 4.68 Å². The number of aryl methyl sites for hydroxylation is 1.